The molecule has 0 amide bonds. The van der Waals surface area contributed by atoms with Gasteiger partial charge in [-0.25, -0.2) is 5.48 Å². The van der Waals surface area contributed by atoms with E-state index in [1.165, 1.54) is 5.56 Å². The Hall–Kier alpha value is -0.800. The van der Waals surface area contributed by atoms with Gasteiger partial charge in [-0.05, 0) is 18.1 Å². The van der Waals surface area contributed by atoms with Gasteiger partial charge in [-0.3, -0.25) is 0 Å². The summed E-state index contributed by atoms with van der Waals surface area (Å²) in [5.74, 6) is 0. The van der Waals surface area contributed by atoms with Crippen molar-refractivity contribution >= 4 is 0 Å². The second kappa shape index (κ2) is 3.27. The molecule has 1 heterocycles. The van der Waals surface area contributed by atoms with E-state index in [-0.39, 0.29) is 0 Å². The minimum Gasteiger partial charge on any atom is -0.367 e. The van der Waals surface area contributed by atoms with Crippen molar-refractivity contribution in [2.24, 2.45) is 0 Å². The Morgan fingerprint density at radius 2 is 2.56 bits per heavy atom. The van der Waals surface area contributed by atoms with Crippen LogP contribution in [0, 0.1) is 0 Å². The summed E-state index contributed by atoms with van der Waals surface area (Å²) in [5.41, 5.74) is 3.30. The third-order valence-electron chi connectivity index (χ3n) is 1.19. The molecule has 0 atom stereocenters. The van der Waals surface area contributed by atoms with Gasteiger partial charge in [-0.2, -0.15) is 0 Å². The lowest BCUT2D eigenvalue weighted by atomic mass is 10.2. The van der Waals surface area contributed by atoms with E-state index in [2.05, 4.69) is 10.5 Å². The minimum absolute atomic E-state index is 0.609. The highest BCUT2D eigenvalue weighted by Crippen LogP contribution is 1.95. The molecule has 3 heteroatoms. The molecular weight excluding hydrogens is 116 g/mol. The summed E-state index contributed by atoms with van der Waals surface area (Å²) in [6.07, 6.45) is 4.64. The fraction of sp³-hybridized carbons (Fsp3) is 0.333. The summed E-state index contributed by atoms with van der Waals surface area (Å²) < 4.78 is 0. The number of hydrogen-bond acceptors (Lipinski definition) is 2. The summed E-state index contributed by atoms with van der Waals surface area (Å²) in [6, 6.07) is 1.98. The molecule has 50 valence electrons. The van der Waals surface area contributed by atoms with Crippen LogP contribution >= 0.6 is 0 Å². The molecule has 3 nitrogen and oxygen atoms in total. The van der Waals surface area contributed by atoms with Crippen molar-refractivity contribution in [1.82, 2.24) is 10.5 Å². The van der Waals surface area contributed by atoms with Gasteiger partial charge in [0.25, 0.3) is 0 Å². The number of nitrogens with one attached hydrogen (secondary N) is 2. The third kappa shape index (κ3) is 1.87. The van der Waals surface area contributed by atoms with Gasteiger partial charge in [0.2, 0.25) is 0 Å². The Bertz CT molecular complexity index is 148. The van der Waals surface area contributed by atoms with Crippen LogP contribution < -0.4 is 5.48 Å². The Labute approximate surface area is 53.7 Å². The zero-order chi connectivity index (χ0) is 6.53. The van der Waals surface area contributed by atoms with Crippen molar-refractivity contribution in [3.8, 4) is 0 Å². The zero-order valence-electron chi connectivity index (χ0n) is 5.09. The summed E-state index contributed by atoms with van der Waals surface area (Å²) in [6.45, 7) is 0.609. The zero-order valence-corrected chi connectivity index (χ0v) is 5.09. The van der Waals surface area contributed by atoms with Gasteiger partial charge in [0, 0.05) is 18.9 Å². The average Bonchev–Trinajstić information content (AvgIpc) is 2.34. The van der Waals surface area contributed by atoms with E-state index in [0.29, 0.717) is 6.54 Å². The van der Waals surface area contributed by atoms with Crippen LogP contribution in [0.2, 0.25) is 0 Å². The molecule has 0 aliphatic heterocycles. The third-order valence-corrected chi connectivity index (χ3v) is 1.19. The first-order chi connectivity index (χ1) is 4.43. The van der Waals surface area contributed by atoms with Crippen molar-refractivity contribution in [2.75, 3.05) is 6.54 Å². The van der Waals surface area contributed by atoms with Crippen molar-refractivity contribution in [1.29, 1.82) is 0 Å². The van der Waals surface area contributed by atoms with Crippen LogP contribution in [0.15, 0.2) is 18.5 Å². The van der Waals surface area contributed by atoms with Crippen LogP contribution in [-0.4, -0.2) is 16.7 Å². The van der Waals surface area contributed by atoms with E-state index in [9.17, 15) is 0 Å². The first kappa shape index (κ1) is 6.32. The maximum absolute atomic E-state index is 8.20. The largest absolute Gasteiger partial charge is 0.367 e. The molecule has 0 fully saturated rings. The Morgan fingerprint density at radius 1 is 1.67 bits per heavy atom. The fourth-order valence-corrected chi connectivity index (χ4v) is 0.714. The Kier molecular flexibility index (Phi) is 2.30. The van der Waals surface area contributed by atoms with E-state index < -0.39 is 0 Å². The molecule has 9 heavy (non-hydrogen) atoms. The summed E-state index contributed by atoms with van der Waals surface area (Å²) in [5, 5.41) is 8.20. The first-order valence-electron chi connectivity index (χ1n) is 2.92. The number of aromatic amines is 1. The van der Waals surface area contributed by atoms with Gasteiger partial charge < -0.3 is 10.2 Å². The quantitative estimate of drug-likeness (QED) is 0.517. The monoisotopic (exact) mass is 126 g/mol. The number of aromatic nitrogens is 1. The normalized spacial score (nSPS) is 9.89. The standard InChI is InChI=1S/C6H10N2O/c9-8-4-2-6-1-3-7-5-6/h1,3,5,7-9H,2,4H2. The van der Waals surface area contributed by atoms with E-state index in [0.717, 1.165) is 6.42 Å². The second-order valence-electron chi connectivity index (χ2n) is 1.88. The molecule has 1 aromatic rings. The van der Waals surface area contributed by atoms with Crippen molar-refractivity contribution in [3.63, 3.8) is 0 Å². The molecular formula is C6H10N2O. The number of hydroxylamine groups is 1. The first-order valence-corrected chi connectivity index (χ1v) is 2.92. The molecule has 0 bridgehead atoms. The van der Waals surface area contributed by atoms with E-state index in [4.69, 9.17) is 5.21 Å². The van der Waals surface area contributed by atoms with Gasteiger partial charge in [-0.1, -0.05) is 0 Å². The Balaban J connectivity index is 2.30. The number of hydrogen-bond donors (Lipinski definition) is 3. The highest BCUT2D eigenvalue weighted by molar-refractivity contribution is 5.08. The molecule has 0 aliphatic carbocycles. The maximum Gasteiger partial charge on any atom is 0.0248 e. The SMILES string of the molecule is ONCCc1cc[nH]c1. The molecule has 0 unspecified atom stereocenters. The molecule has 0 saturated carbocycles. The van der Waals surface area contributed by atoms with Gasteiger partial charge in [0.15, 0.2) is 0 Å². The second-order valence-corrected chi connectivity index (χ2v) is 1.88. The smallest absolute Gasteiger partial charge is 0.0248 e. The number of H-pyrrole nitrogens is 1. The molecule has 0 spiro atoms. The van der Waals surface area contributed by atoms with E-state index >= 15 is 0 Å². The van der Waals surface area contributed by atoms with Crippen LogP contribution in [0.1, 0.15) is 5.56 Å². The van der Waals surface area contributed by atoms with Gasteiger partial charge in [0.1, 0.15) is 0 Å². The fourth-order valence-electron chi connectivity index (χ4n) is 0.714. The summed E-state index contributed by atoms with van der Waals surface area (Å²) in [7, 11) is 0. The predicted molar refractivity (Wildman–Crippen MR) is 34.3 cm³/mol. The van der Waals surface area contributed by atoms with Gasteiger partial charge >= 0.3 is 0 Å². The molecule has 0 aliphatic rings. The van der Waals surface area contributed by atoms with E-state index in [1.54, 1.807) is 0 Å². The molecule has 0 saturated heterocycles. The van der Waals surface area contributed by atoms with Crippen molar-refractivity contribution < 1.29 is 5.21 Å². The lowest BCUT2D eigenvalue weighted by Crippen LogP contribution is -2.10. The highest BCUT2D eigenvalue weighted by Gasteiger charge is 1.88. The van der Waals surface area contributed by atoms with Gasteiger partial charge in [-0.15, -0.1) is 0 Å². The van der Waals surface area contributed by atoms with Crippen molar-refractivity contribution in [3.05, 3.63) is 24.0 Å². The molecule has 1 rings (SSSR count). The van der Waals surface area contributed by atoms with Crippen LogP contribution in [0.25, 0.3) is 0 Å². The molecule has 0 aromatic carbocycles. The topological polar surface area (TPSA) is 48.0 Å². The predicted octanol–water partition coefficient (Wildman–Crippen LogP) is 0.536. The average molecular weight is 126 g/mol. The van der Waals surface area contributed by atoms with Crippen LogP contribution in [0.4, 0.5) is 0 Å². The molecule has 1 aromatic heterocycles. The van der Waals surface area contributed by atoms with Crippen LogP contribution in [-0.2, 0) is 6.42 Å². The summed E-state index contributed by atoms with van der Waals surface area (Å²) in [4.78, 5) is 2.93. The molecule has 0 radical (unpaired) electrons. The van der Waals surface area contributed by atoms with Gasteiger partial charge in [0.05, 0.1) is 0 Å². The summed E-state index contributed by atoms with van der Waals surface area (Å²) >= 11 is 0. The highest BCUT2D eigenvalue weighted by atomic mass is 16.5. The van der Waals surface area contributed by atoms with Crippen LogP contribution in [0.5, 0.6) is 0 Å². The maximum atomic E-state index is 8.20. The van der Waals surface area contributed by atoms with Crippen LogP contribution in [0.3, 0.4) is 0 Å². The minimum atomic E-state index is 0.609. The Morgan fingerprint density at radius 3 is 3.11 bits per heavy atom. The lowest BCUT2D eigenvalue weighted by molar-refractivity contribution is 0.168. The lowest BCUT2D eigenvalue weighted by Gasteiger charge is -1.92. The number of rotatable bonds is 3. The molecule has 3 N–H and O–H groups in total. The van der Waals surface area contributed by atoms with E-state index in [1.807, 2.05) is 18.5 Å². The van der Waals surface area contributed by atoms with Crippen molar-refractivity contribution in [2.45, 2.75) is 6.42 Å².